The number of likely N-dealkylation sites (N-methyl/N-ethyl adjacent to an activating group) is 1. The lowest BCUT2D eigenvalue weighted by molar-refractivity contribution is -0.117. The van der Waals surface area contributed by atoms with Gasteiger partial charge in [0.2, 0.25) is 11.8 Å². The van der Waals surface area contributed by atoms with E-state index in [4.69, 9.17) is 15.4 Å². The Hall–Kier alpha value is -5.10. The molecule has 5 rings (SSSR count). The second kappa shape index (κ2) is 11.4. The van der Waals surface area contributed by atoms with Crippen LogP contribution in [-0.4, -0.2) is 62.3 Å². The van der Waals surface area contributed by atoms with E-state index in [-0.39, 0.29) is 30.2 Å². The largest absolute Gasteiger partial charge is 0.383 e. The SMILES string of the molecule is CN(C)CC(=O)Nc1ccc(-c2nn(-c3ccc(NC(=O)Cc4cc(C(C)(C)C)on4)cc3)c3ncnc(N)c23)cc1. The number of hydrogen-bond acceptors (Lipinski definition) is 9. The number of nitrogens with zero attached hydrogens (tertiary/aromatic N) is 6. The molecule has 3 aromatic heterocycles. The first-order valence-corrected chi connectivity index (χ1v) is 13.4. The van der Waals surface area contributed by atoms with Crippen LogP contribution in [0.5, 0.6) is 0 Å². The molecule has 0 saturated carbocycles. The number of carbonyl (C=O) groups is 2. The number of hydrogen-bond donors (Lipinski definition) is 3. The normalized spacial score (nSPS) is 11.7. The van der Waals surface area contributed by atoms with Crippen molar-refractivity contribution in [2.75, 3.05) is 37.0 Å². The van der Waals surface area contributed by atoms with Gasteiger partial charge in [-0.2, -0.15) is 5.10 Å². The van der Waals surface area contributed by atoms with Gasteiger partial charge in [-0.1, -0.05) is 38.1 Å². The summed E-state index contributed by atoms with van der Waals surface area (Å²) in [6.45, 7) is 6.36. The molecule has 216 valence electrons. The monoisotopic (exact) mass is 567 g/mol. The Balaban J connectivity index is 1.35. The number of carbonyl (C=O) groups excluding carboxylic acids is 2. The second-order valence-corrected chi connectivity index (χ2v) is 11.3. The lowest BCUT2D eigenvalue weighted by atomic mass is 9.93. The number of nitrogens with two attached hydrogens (primary N) is 1. The number of benzene rings is 2. The van der Waals surface area contributed by atoms with Crippen molar-refractivity contribution in [3.05, 3.63) is 72.4 Å². The van der Waals surface area contributed by atoms with Gasteiger partial charge in [0, 0.05) is 28.4 Å². The molecule has 0 aliphatic rings. The van der Waals surface area contributed by atoms with Gasteiger partial charge >= 0.3 is 0 Å². The number of anilines is 3. The molecule has 5 aromatic rings. The minimum Gasteiger partial charge on any atom is -0.383 e. The average molecular weight is 568 g/mol. The first-order chi connectivity index (χ1) is 20.0. The second-order valence-electron chi connectivity index (χ2n) is 11.3. The summed E-state index contributed by atoms with van der Waals surface area (Å²) in [5, 5.41) is 15.2. The number of rotatable bonds is 8. The van der Waals surface area contributed by atoms with Gasteiger partial charge in [0.15, 0.2) is 5.65 Å². The van der Waals surface area contributed by atoms with Gasteiger partial charge < -0.3 is 25.8 Å². The van der Waals surface area contributed by atoms with Crippen LogP contribution < -0.4 is 16.4 Å². The maximum atomic E-state index is 12.6. The molecule has 2 aromatic carbocycles. The van der Waals surface area contributed by atoms with E-state index in [1.807, 2.05) is 77.3 Å². The van der Waals surface area contributed by atoms with Crippen molar-refractivity contribution < 1.29 is 14.1 Å². The van der Waals surface area contributed by atoms with E-state index in [2.05, 4.69) is 25.8 Å². The third kappa shape index (κ3) is 6.28. The molecule has 42 heavy (non-hydrogen) atoms. The molecule has 0 fully saturated rings. The van der Waals surface area contributed by atoms with Crippen LogP contribution in [0.1, 0.15) is 32.2 Å². The molecule has 0 atom stereocenters. The molecule has 0 spiro atoms. The van der Waals surface area contributed by atoms with E-state index >= 15 is 0 Å². The Morgan fingerprint density at radius 1 is 0.952 bits per heavy atom. The van der Waals surface area contributed by atoms with Crippen LogP contribution in [0, 0.1) is 0 Å². The molecule has 12 heteroatoms. The molecule has 0 radical (unpaired) electrons. The molecule has 0 unspecified atom stereocenters. The van der Waals surface area contributed by atoms with E-state index in [1.165, 1.54) is 6.33 Å². The van der Waals surface area contributed by atoms with Crippen molar-refractivity contribution in [2.24, 2.45) is 0 Å². The van der Waals surface area contributed by atoms with E-state index in [0.717, 1.165) is 17.0 Å². The first-order valence-electron chi connectivity index (χ1n) is 13.4. The lowest BCUT2D eigenvalue weighted by Gasteiger charge is -2.12. The summed E-state index contributed by atoms with van der Waals surface area (Å²) in [5.74, 6) is 0.724. The highest BCUT2D eigenvalue weighted by Crippen LogP contribution is 2.32. The summed E-state index contributed by atoms with van der Waals surface area (Å²) in [6.07, 6.45) is 1.50. The van der Waals surface area contributed by atoms with Gasteiger partial charge in [0.25, 0.3) is 0 Å². The van der Waals surface area contributed by atoms with Gasteiger partial charge in [0.05, 0.1) is 29.7 Å². The number of nitrogens with one attached hydrogen (secondary N) is 2. The molecule has 0 aliphatic heterocycles. The molecule has 4 N–H and O–H groups in total. The maximum absolute atomic E-state index is 12.6. The zero-order valence-corrected chi connectivity index (χ0v) is 24.2. The summed E-state index contributed by atoms with van der Waals surface area (Å²) in [5.41, 5.74) is 10.6. The standard InChI is InChI=1S/C30H33N9O3/c1-30(2,3)23-14-21(37-42-23)15-24(40)34-20-10-12-22(13-11-20)39-29-26(28(31)32-17-33-29)27(36-39)18-6-8-19(9-7-18)35-25(41)16-38(4)5/h6-14,17H,15-16H2,1-5H3,(H,34,40)(H,35,41)(H2,31,32,33). The zero-order chi connectivity index (χ0) is 30.0. The van der Waals surface area contributed by atoms with E-state index in [9.17, 15) is 9.59 Å². The van der Waals surface area contributed by atoms with Gasteiger partial charge in [-0.25, -0.2) is 14.6 Å². The van der Waals surface area contributed by atoms with Gasteiger partial charge in [-0.05, 0) is 50.5 Å². The number of fused-ring (bicyclic) bond motifs is 1. The topological polar surface area (TPSA) is 157 Å². The first kappa shape index (κ1) is 28.4. The van der Waals surface area contributed by atoms with Crippen molar-refractivity contribution in [3.8, 4) is 16.9 Å². The Kier molecular flexibility index (Phi) is 7.72. The third-order valence-corrected chi connectivity index (χ3v) is 6.43. The predicted octanol–water partition coefficient (Wildman–Crippen LogP) is 4.03. The molecule has 0 bridgehead atoms. The van der Waals surface area contributed by atoms with Crippen LogP contribution in [0.4, 0.5) is 17.2 Å². The highest BCUT2D eigenvalue weighted by Gasteiger charge is 2.21. The Morgan fingerprint density at radius 2 is 1.60 bits per heavy atom. The van der Waals surface area contributed by atoms with Crippen LogP contribution >= 0.6 is 0 Å². The van der Waals surface area contributed by atoms with Crippen molar-refractivity contribution in [2.45, 2.75) is 32.6 Å². The number of aromatic nitrogens is 5. The fourth-order valence-electron chi connectivity index (χ4n) is 4.36. The highest BCUT2D eigenvalue weighted by atomic mass is 16.5. The zero-order valence-electron chi connectivity index (χ0n) is 24.2. The van der Waals surface area contributed by atoms with Gasteiger partial charge in [0.1, 0.15) is 23.6 Å². The van der Waals surface area contributed by atoms with Crippen molar-refractivity contribution in [3.63, 3.8) is 0 Å². The Morgan fingerprint density at radius 3 is 2.21 bits per heavy atom. The lowest BCUT2D eigenvalue weighted by Crippen LogP contribution is -2.27. The Bertz CT molecular complexity index is 1730. The minimum atomic E-state index is -0.204. The smallest absolute Gasteiger partial charge is 0.238 e. The average Bonchev–Trinajstić information content (AvgIpc) is 3.55. The molecular formula is C30H33N9O3. The summed E-state index contributed by atoms with van der Waals surface area (Å²) in [4.78, 5) is 35.2. The third-order valence-electron chi connectivity index (χ3n) is 6.43. The quantitative estimate of drug-likeness (QED) is 0.252. The molecule has 2 amide bonds. The predicted molar refractivity (Wildman–Crippen MR) is 161 cm³/mol. The van der Waals surface area contributed by atoms with Crippen molar-refractivity contribution in [1.82, 2.24) is 29.8 Å². The highest BCUT2D eigenvalue weighted by molar-refractivity contribution is 5.99. The van der Waals surface area contributed by atoms with E-state index < -0.39 is 0 Å². The molecule has 12 nitrogen and oxygen atoms in total. The van der Waals surface area contributed by atoms with Crippen LogP contribution in [0.15, 0.2) is 65.4 Å². The van der Waals surface area contributed by atoms with Crippen LogP contribution in [0.3, 0.4) is 0 Å². The number of amides is 2. The maximum Gasteiger partial charge on any atom is 0.238 e. The summed E-state index contributed by atoms with van der Waals surface area (Å²) >= 11 is 0. The molecular weight excluding hydrogens is 534 g/mol. The Labute approximate surface area is 242 Å². The van der Waals surface area contributed by atoms with Crippen LogP contribution in [0.2, 0.25) is 0 Å². The fourth-order valence-corrected chi connectivity index (χ4v) is 4.36. The van der Waals surface area contributed by atoms with Crippen molar-refractivity contribution >= 4 is 40.0 Å². The molecule has 0 aliphatic carbocycles. The molecule has 3 heterocycles. The van der Waals surface area contributed by atoms with Crippen molar-refractivity contribution in [1.29, 1.82) is 0 Å². The fraction of sp³-hybridized carbons (Fsp3) is 0.267. The molecule has 0 saturated heterocycles. The number of nitrogen functional groups attached to an aromatic ring is 1. The summed E-state index contributed by atoms with van der Waals surface area (Å²) in [7, 11) is 3.67. The van der Waals surface area contributed by atoms with E-state index in [0.29, 0.717) is 39.6 Å². The minimum absolute atomic E-state index is 0.100. The summed E-state index contributed by atoms with van der Waals surface area (Å²) < 4.78 is 7.06. The summed E-state index contributed by atoms with van der Waals surface area (Å²) in [6, 6.07) is 16.4. The van der Waals surface area contributed by atoms with E-state index in [1.54, 1.807) is 21.7 Å². The van der Waals surface area contributed by atoms with Crippen LogP contribution in [0.25, 0.3) is 28.0 Å². The van der Waals surface area contributed by atoms with Gasteiger partial charge in [-0.3, -0.25) is 9.59 Å². The van der Waals surface area contributed by atoms with Crippen LogP contribution in [-0.2, 0) is 21.4 Å². The van der Waals surface area contributed by atoms with Gasteiger partial charge in [-0.15, -0.1) is 0 Å².